The van der Waals surface area contributed by atoms with Crippen molar-refractivity contribution in [3.63, 3.8) is 0 Å². The second-order valence-electron chi connectivity index (χ2n) is 5.24. The van der Waals surface area contributed by atoms with Crippen molar-refractivity contribution in [1.82, 2.24) is 5.32 Å². The highest BCUT2D eigenvalue weighted by molar-refractivity contribution is 6.31. The zero-order valence-corrected chi connectivity index (χ0v) is 10.4. The summed E-state index contributed by atoms with van der Waals surface area (Å²) in [7, 11) is 0. The molecule has 3 atom stereocenters. The molecule has 2 heteroatoms. The largest absolute Gasteiger partial charge is 0.307 e. The molecule has 1 saturated carbocycles. The van der Waals surface area contributed by atoms with E-state index in [0.29, 0.717) is 6.04 Å². The summed E-state index contributed by atoms with van der Waals surface area (Å²) in [5.74, 6) is 0.865. The minimum atomic E-state index is 0.539. The molecule has 1 nitrogen and oxygen atoms in total. The number of nitrogens with one attached hydrogen (secondary N) is 1. The van der Waals surface area contributed by atoms with Crippen molar-refractivity contribution in [2.45, 2.75) is 44.7 Å². The zero-order valence-electron chi connectivity index (χ0n) is 9.67. The highest BCUT2D eigenvalue weighted by Gasteiger charge is 2.35. The van der Waals surface area contributed by atoms with E-state index in [1.54, 1.807) is 0 Å². The SMILES string of the molecule is CC1CC1NC1CCCc2c(Cl)cccc21. The lowest BCUT2D eigenvalue weighted by Gasteiger charge is -2.27. The molecule has 1 fully saturated rings. The van der Waals surface area contributed by atoms with E-state index in [1.807, 2.05) is 6.07 Å². The highest BCUT2D eigenvalue weighted by Crippen LogP contribution is 2.38. The van der Waals surface area contributed by atoms with Gasteiger partial charge in [0.2, 0.25) is 0 Å². The van der Waals surface area contributed by atoms with Crippen molar-refractivity contribution in [2.75, 3.05) is 0 Å². The molecule has 1 N–H and O–H groups in total. The fourth-order valence-corrected chi connectivity index (χ4v) is 3.07. The van der Waals surface area contributed by atoms with Crippen LogP contribution in [0.3, 0.4) is 0 Å². The van der Waals surface area contributed by atoms with E-state index >= 15 is 0 Å². The number of fused-ring (bicyclic) bond motifs is 1. The number of rotatable bonds is 2. The van der Waals surface area contributed by atoms with Gasteiger partial charge in [0.25, 0.3) is 0 Å². The fraction of sp³-hybridized carbons (Fsp3) is 0.571. The van der Waals surface area contributed by atoms with Gasteiger partial charge in [-0.1, -0.05) is 30.7 Å². The van der Waals surface area contributed by atoms with Crippen LogP contribution in [0.25, 0.3) is 0 Å². The molecule has 0 saturated heterocycles. The first kappa shape index (κ1) is 10.6. The molecule has 16 heavy (non-hydrogen) atoms. The quantitative estimate of drug-likeness (QED) is 0.824. The van der Waals surface area contributed by atoms with Gasteiger partial charge in [-0.2, -0.15) is 0 Å². The molecule has 0 amide bonds. The van der Waals surface area contributed by atoms with E-state index in [4.69, 9.17) is 11.6 Å². The molecule has 2 aliphatic rings. The minimum absolute atomic E-state index is 0.539. The van der Waals surface area contributed by atoms with Gasteiger partial charge in [-0.3, -0.25) is 0 Å². The van der Waals surface area contributed by atoms with E-state index in [-0.39, 0.29) is 0 Å². The van der Waals surface area contributed by atoms with Crippen LogP contribution in [0.2, 0.25) is 5.02 Å². The first-order chi connectivity index (χ1) is 7.75. The number of halogens is 1. The summed E-state index contributed by atoms with van der Waals surface area (Å²) in [4.78, 5) is 0. The number of hydrogen-bond acceptors (Lipinski definition) is 1. The van der Waals surface area contributed by atoms with Crippen LogP contribution in [0, 0.1) is 5.92 Å². The molecule has 0 aromatic heterocycles. The van der Waals surface area contributed by atoms with E-state index in [0.717, 1.165) is 23.4 Å². The monoisotopic (exact) mass is 235 g/mol. The van der Waals surface area contributed by atoms with Gasteiger partial charge in [-0.15, -0.1) is 0 Å². The topological polar surface area (TPSA) is 12.0 Å². The van der Waals surface area contributed by atoms with Crippen molar-refractivity contribution in [2.24, 2.45) is 5.92 Å². The molecule has 2 aliphatic carbocycles. The molecule has 0 bridgehead atoms. The van der Waals surface area contributed by atoms with Crippen LogP contribution in [0.1, 0.15) is 43.4 Å². The molecule has 1 aromatic carbocycles. The molecule has 86 valence electrons. The van der Waals surface area contributed by atoms with Crippen LogP contribution in [0.15, 0.2) is 18.2 Å². The Morgan fingerprint density at radius 2 is 2.19 bits per heavy atom. The minimum Gasteiger partial charge on any atom is -0.307 e. The average Bonchev–Trinajstić information content (AvgIpc) is 2.96. The average molecular weight is 236 g/mol. The van der Waals surface area contributed by atoms with E-state index < -0.39 is 0 Å². The summed E-state index contributed by atoms with van der Waals surface area (Å²) in [6, 6.07) is 7.62. The van der Waals surface area contributed by atoms with Crippen molar-refractivity contribution in [3.05, 3.63) is 34.3 Å². The Morgan fingerprint density at radius 1 is 1.38 bits per heavy atom. The van der Waals surface area contributed by atoms with Crippen LogP contribution in [0.5, 0.6) is 0 Å². The Kier molecular flexibility index (Phi) is 2.68. The summed E-state index contributed by atoms with van der Waals surface area (Å²) in [6.45, 7) is 2.32. The van der Waals surface area contributed by atoms with Crippen LogP contribution in [0.4, 0.5) is 0 Å². The molecule has 3 rings (SSSR count). The van der Waals surface area contributed by atoms with Crippen LogP contribution in [-0.4, -0.2) is 6.04 Å². The van der Waals surface area contributed by atoms with Crippen LogP contribution < -0.4 is 5.32 Å². The van der Waals surface area contributed by atoms with Gasteiger partial charge in [0.05, 0.1) is 0 Å². The normalized spacial score (nSPS) is 32.2. The molecular weight excluding hydrogens is 218 g/mol. The zero-order chi connectivity index (χ0) is 11.1. The second kappa shape index (κ2) is 4.05. The lowest BCUT2D eigenvalue weighted by Crippen LogP contribution is -2.27. The Balaban J connectivity index is 1.85. The Bertz CT molecular complexity index is 402. The van der Waals surface area contributed by atoms with Crippen molar-refractivity contribution >= 4 is 11.6 Å². The third-order valence-electron chi connectivity index (χ3n) is 3.97. The predicted molar refractivity (Wildman–Crippen MR) is 67.8 cm³/mol. The fourth-order valence-electron chi connectivity index (χ4n) is 2.79. The standard InChI is InChI=1S/C14H18ClN/c1-9-8-14(9)16-13-7-3-4-10-11(13)5-2-6-12(10)15/h2,5-6,9,13-14,16H,3-4,7-8H2,1H3. The summed E-state index contributed by atoms with van der Waals surface area (Å²) in [5.41, 5.74) is 2.82. The maximum atomic E-state index is 6.26. The van der Waals surface area contributed by atoms with Gasteiger partial charge < -0.3 is 5.32 Å². The van der Waals surface area contributed by atoms with Gasteiger partial charge in [-0.05, 0) is 48.8 Å². The molecule has 1 aromatic rings. The smallest absolute Gasteiger partial charge is 0.0441 e. The Hall–Kier alpha value is -0.530. The first-order valence-corrected chi connectivity index (χ1v) is 6.67. The van der Waals surface area contributed by atoms with Crippen molar-refractivity contribution < 1.29 is 0 Å². The Morgan fingerprint density at radius 3 is 2.94 bits per heavy atom. The van der Waals surface area contributed by atoms with Gasteiger partial charge in [-0.25, -0.2) is 0 Å². The molecular formula is C14H18ClN. The maximum Gasteiger partial charge on any atom is 0.0441 e. The van der Waals surface area contributed by atoms with Crippen molar-refractivity contribution in [3.8, 4) is 0 Å². The first-order valence-electron chi connectivity index (χ1n) is 6.29. The maximum absolute atomic E-state index is 6.26. The summed E-state index contributed by atoms with van der Waals surface area (Å²) in [6.07, 6.45) is 5.01. The van der Waals surface area contributed by atoms with Gasteiger partial charge in [0.15, 0.2) is 0 Å². The summed E-state index contributed by atoms with van der Waals surface area (Å²) < 4.78 is 0. The van der Waals surface area contributed by atoms with Crippen LogP contribution >= 0.6 is 11.6 Å². The second-order valence-corrected chi connectivity index (χ2v) is 5.65. The van der Waals surface area contributed by atoms with Crippen LogP contribution in [-0.2, 0) is 6.42 Å². The third kappa shape index (κ3) is 1.87. The Labute approximate surface area is 102 Å². The lowest BCUT2D eigenvalue weighted by atomic mass is 9.87. The predicted octanol–water partition coefficient (Wildman–Crippen LogP) is 3.72. The third-order valence-corrected chi connectivity index (χ3v) is 4.33. The van der Waals surface area contributed by atoms with Gasteiger partial charge in [0, 0.05) is 17.1 Å². The van der Waals surface area contributed by atoms with E-state index in [9.17, 15) is 0 Å². The van der Waals surface area contributed by atoms with Gasteiger partial charge >= 0.3 is 0 Å². The summed E-state index contributed by atoms with van der Waals surface area (Å²) in [5, 5.41) is 4.72. The molecule has 0 radical (unpaired) electrons. The van der Waals surface area contributed by atoms with E-state index in [2.05, 4.69) is 24.4 Å². The van der Waals surface area contributed by atoms with Gasteiger partial charge in [0.1, 0.15) is 0 Å². The lowest BCUT2D eigenvalue weighted by molar-refractivity contribution is 0.449. The molecule has 0 aliphatic heterocycles. The molecule has 3 unspecified atom stereocenters. The number of benzene rings is 1. The number of hydrogen-bond donors (Lipinski definition) is 1. The van der Waals surface area contributed by atoms with Crippen molar-refractivity contribution in [1.29, 1.82) is 0 Å². The molecule has 0 heterocycles. The highest BCUT2D eigenvalue weighted by atomic mass is 35.5. The van der Waals surface area contributed by atoms with E-state index in [1.165, 1.54) is 30.4 Å². The molecule has 0 spiro atoms. The summed E-state index contributed by atoms with van der Waals surface area (Å²) >= 11 is 6.26.